The van der Waals surface area contributed by atoms with E-state index in [-0.39, 0.29) is 16.3 Å². The van der Waals surface area contributed by atoms with Gasteiger partial charge in [0.25, 0.3) is 5.91 Å². The molecule has 1 saturated heterocycles. The van der Waals surface area contributed by atoms with Gasteiger partial charge in [0.1, 0.15) is 11.9 Å². The van der Waals surface area contributed by atoms with Crippen molar-refractivity contribution in [2.75, 3.05) is 12.3 Å². The van der Waals surface area contributed by atoms with Crippen LogP contribution < -0.4 is 11.1 Å². The smallest absolute Gasteiger partial charge is 0.255 e. The largest absolute Gasteiger partial charge is 0.358 e. The minimum absolute atomic E-state index is 0.0490. The Balaban J connectivity index is 1.92. The second-order valence-electron chi connectivity index (χ2n) is 6.85. The van der Waals surface area contributed by atoms with Crippen molar-refractivity contribution in [1.82, 2.24) is 10.2 Å². The highest BCUT2D eigenvalue weighted by atomic mass is 35.5. The van der Waals surface area contributed by atoms with E-state index in [1.165, 1.54) is 18.0 Å². The summed E-state index contributed by atoms with van der Waals surface area (Å²) in [4.78, 5) is 27.2. The average Bonchev–Trinajstić information content (AvgIpc) is 2.68. The lowest BCUT2D eigenvalue weighted by molar-refractivity contribution is -0.124. The number of unbranched alkanes of at least 4 members (excludes halogenated alkanes) is 1. The molecule has 1 fully saturated rings. The van der Waals surface area contributed by atoms with Crippen molar-refractivity contribution >= 4 is 35.1 Å². The van der Waals surface area contributed by atoms with Crippen molar-refractivity contribution in [3.63, 3.8) is 0 Å². The molecule has 0 aliphatic carbocycles. The van der Waals surface area contributed by atoms with Crippen molar-refractivity contribution in [2.45, 2.75) is 38.4 Å². The Kier molecular flexibility index (Phi) is 6.80. The van der Waals surface area contributed by atoms with Gasteiger partial charge in [0, 0.05) is 30.1 Å². The second-order valence-corrected chi connectivity index (χ2v) is 8.35. The van der Waals surface area contributed by atoms with Crippen molar-refractivity contribution in [2.24, 2.45) is 5.73 Å². The van der Waals surface area contributed by atoms with Crippen LogP contribution in [0.1, 0.15) is 25.3 Å². The van der Waals surface area contributed by atoms with Crippen molar-refractivity contribution in [1.29, 1.82) is 0 Å². The second kappa shape index (κ2) is 9.11. The van der Waals surface area contributed by atoms with Gasteiger partial charge >= 0.3 is 0 Å². The number of hydrogen-bond acceptors (Lipinski definition) is 5. The van der Waals surface area contributed by atoms with Gasteiger partial charge in [-0.3, -0.25) is 9.59 Å². The minimum Gasteiger partial charge on any atom is -0.358 e. The summed E-state index contributed by atoms with van der Waals surface area (Å²) in [5, 5.41) is 3.35. The molecule has 0 bridgehead atoms. The Morgan fingerprint density at radius 1 is 1.39 bits per heavy atom. The van der Waals surface area contributed by atoms with Gasteiger partial charge in [0.15, 0.2) is 5.78 Å². The first-order valence-electron chi connectivity index (χ1n) is 9.24. The van der Waals surface area contributed by atoms with E-state index >= 15 is 4.39 Å². The third-order valence-electron chi connectivity index (χ3n) is 4.72. The number of rotatable bonds is 6. The fourth-order valence-corrected chi connectivity index (χ4v) is 4.47. The van der Waals surface area contributed by atoms with Crippen molar-refractivity contribution in [3.8, 4) is 0 Å². The predicted octanol–water partition coefficient (Wildman–Crippen LogP) is 3.15. The van der Waals surface area contributed by atoms with E-state index in [0.717, 1.165) is 18.4 Å². The van der Waals surface area contributed by atoms with Crippen molar-refractivity contribution in [3.05, 3.63) is 57.4 Å². The SMILES string of the molecule is CCCCNC(=O)C1=CN(Cc2ccc(Cl)cc2)C2C(=O)[C@@H](N)CSC2=C1F. The number of hydrogen-bond donors (Lipinski definition) is 2. The van der Waals surface area contributed by atoms with E-state index in [0.29, 0.717) is 23.9 Å². The standard InChI is InChI=1S/C20H23ClFN3O2S/c1-2-3-8-24-20(27)14-10-25(9-12-4-6-13(21)7-5-12)17-18(26)15(23)11-28-19(17)16(14)22/h4-7,10,15,17H,2-3,8-9,11,23H2,1H3,(H,24,27)/t15-,17?/m0/s1. The Morgan fingerprint density at radius 2 is 2.11 bits per heavy atom. The van der Waals surface area contributed by atoms with E-state index < -0.39 is 23.8 Å². The van der Waals surface area contributed by atoms with Gasteiger partial charge in [0.2, 0.25) is 0 Å². The van der Waals surface area contributed by atoms with Gasteiger partial charge in [-0.05, 0) is 24.1 Å². The first-order chi connectivity index (χ1) is 13.4. The summed E-state index contributed by atoms with van der Waals surface area (Å²) in [6.45, 7) is 2.83. The molecule has 0 spiro atoms. The molecule has 2 aliphatic rings. The molecule has 1 amide bonds. The molecule has 3 N–H and O–H groups in total. The molecule has 1 aromatic rings. The first kappa shape index (κ1) is 20.9. The fourth-order valence-electron chi connectivity index (χ4n) is 3.17. The summed E-state index contributed by atoms with van der Waals surface area (Å²) in [6, 6.07) is 5.72. The number of nitrogens with one attached hydrogen (secondary N) is 1. The summed E-state index contributed by atoms with van der Waals surface area (Å²) in [5.41, 5.74) is 6.77. The Morgan fingerprint density at radius 3 is 2.79 bits per heavy atom. The maximum absolute atomic E-state index is 15.1. The molecule has 3 rings (SSSR count). The highest BCUT2D eigenvalue weighted by Gasteiger charge is 2.42. The summed E-state index contributed by atoms with van der Waals surface area (Å²) in [5.74, 6) is -1.03. The molecule has 1 unspecified atom stereocenters. The number of amides is 1. The topological polar surface area (TPSA) is 75.4 Å². The Labute approximate surface area is 173 Å². The highest BCUT2D eigenvalue weighted by Crippen LogP contribution is 2.40. The van der Waals surface area contributed by atoms with Gasteiger partial charge in [-0.2, -0.15) is 0 Å². The van der Waals surface area contributed by atoms with Crippen molar-refractivity contribution < 1.29 is 14.0 Å². The molecule has 8 heteroatoms. The third-order valence-corrected chi connectivity index (χ3v) is 6.21. The van der Waals surface area contributed by atoms with Gasteiger partial charge < -0.3 is 16.0 Å². The molecule has 5 nitrogen and oxygen atoms in total. The summed E-state index contributed by atoms with van der Waals surface area (Å²) in [7, 11) is 0. The number of carbonyl (C=O) groups is 2. The zero-order chi connectivity index (χ0) is 20.3. The zero-order valence-electron chi connectivity index (χ0n) is 15.6. The molecule has 2 aliphatic heterocycles. The molecule has 28 heavy (non-hydrogen) atoms. The van der Waals surface area contributed by atoms with Crippen LogP contribution in [0.3, 0.4) is 0 Å². The van der Waals surface area contributed by atoms with Gasteiger partial charge in [-0.1, -0.05) is 37.1 Å². The predicted molar refractivity (Wildman–Crippen MR) is 110 cm³/mol. The minimum atomic E-state index is -0.809. The molecular formula is C20H23ClFN3O2S. The number of halogens is 2. The van der Waals surface area contributed by atoms with Gasteiger partial charge in [-0.15, -0.1) is 11.8 Å². The molecule has 1 aromatic carbocycles. The first-order valence-corrected chi connectivity index (χ1v) is 10.6. The van der Waals surface area contributed by atoms with Crippen LogP contribution in [0.2, 0.25) is 5.02 Å². The number of benzene rings is 1. The van der Waals surface area contributed by atoms with Crippen LogP contribution >= 0.6 is 23.4 Å². The molecular weight excluding hydrogens is 401 g/mol. The number of ketones is 1. The number of Topliss-reactive ketones (excluding diaryl/α,β-unsaturated/α-hetero) is 1. The van der Waals surface area contributed by atoms with Gasteiger partial charge in [0.05, 0.1) is 16.5 Å². The highest BCUT2D eigenvalue weighted by molar-refractivity contribution is 8.03. The van der Waals surface area contributed by atoms with E-state index in [4.69, 9.17) is 17.3 Å². The number of thioether (sulfide) groups is 1. The van der Waals surface area contributed by atoms with E-state index in [1.807, 2.05) is 19.1 Å². The molecule has 2 heterocycles. The Hall–Kier alpha value is -1.83. The Bertz CT molecular complexity index is 825. The van der Waals surface area contributed by atoms with Gasteiger partial charge in [-0.25, -0.2) is 4.39 Å². The van der Waals surface area contributed by atoms with E-state index in [2.05, 4.69) is 5.32 Å². The average molecular weight is 424 g/mol. The fraction of sp³-hybridized carbons (Fsp3) is 0.400. The molecule has 2 atom stereocenters. The van der Waals surface area contributed by atoms with Crippen LogP contribution in [0.4, 0.5) is 4.39 Å². The molecule has 0 radical (unpaired) electrons. The lowest BCUT2D eigenvalue weighted by Gasteiger charge is -2.39. The molecule has 0 aromatic heterocycles. The normalized spacial score (nSPS) is 22.1. The number of nitrogens with zero attached hydrogens (tertiary/aromatic N) is 1. The van der Waals surface area contributed by atoms with Crippen LogP contribution in [-0.4, -0.2) is 41.0 Å². The summed E-state index contributed by atoms with van der Waals surface area (Å²) in [6.07, 6.45) is 3.18. The number of fused-ring (bicyclic) bond motifs is 1. The monoisotopic (exact) mass is 423 g/mol. The number of carbonyl (C=O) groups excluding carboxylic acids is 2. The van der Waals surface area contributed by atoms with Crippen LogP contribution in [0, 0.1) is 0 Å². The summed E-state index contributed by atoms with van der Waals surface area (Å²) >= 11 is 7.15. The van der Waals surface area contributed by atoms with E-state index in [1.54, 1.807) is 17.0 Å². The van der Waals surface area contributed by atoms with Crippen LogP contribution in [-0.2, 0) is 16.1 Å². The van der Waals surface area contributed by atoms with Crippen LogP contribution in [0.5, 0.6) is 0 Å². The third kappa shape index (κ3) is 4.42. The van der Waals surface area contributed by atoms with Crippen LogP contribution in [0.15, 0.2) is 46.8 Å². The number of nitrogens with two attached hydrogens (primary N) is 1. The zero-order valence-corrected chi connectivity index (χ0v) is 17.2. The van der Waals surface area contributed by atoms with E-state index in [9.17, 15) is 9.59 Å². The maximum Gasteiger partial charge on any atom is 0.255 e. The lowest BCUT2D eigenvalue weighted by atomic mass is 9.98. The lowest BCUT2D eigenvalue weighted by Crippen LogP contribution is -2.52. The summed E-state index contributed by atoms with van der Waals surface area (Å²) < 4.78 is 15.1. The molecule has 0 saturated carbocycles. The quantitative estimate of drug-likeness (QED) is 0.687. The van der Waals surface area contributed by atoms with Crippen LogP contribution in [0.25, 0.3) is 0 Å². The molecule has 150 valence electrons. The maximum atomic E-state index is 15.1.